The van der Waals surface area contributed by atoms with E-state index in [1.807, 2.05) is 11.4 Å². The van der Waals surface area contributed by atoms with Gasteiger partial charge in [0.05, 0.1) is 5.92 Å². The molecule has 0 radical (unpaired) electrons. The molecule has 0 saturated heterocycles. The van der Waals surface area contributed by atoms with Crippen LogP contribution >= 0.6 is 11.3 Å². The van der Waals surface area contributed by atoms with Crippen molar-refractivity contribution in [1.82, 2.24) is 0 Å². The van der Waals surface area contributed by atoms with E-state index in [-0.39, 0.29) is 11.8 Å². The number of carbonyl (C=O) groups excluding carboxylic acids is 1. The SMILES string of the molecule is NC(=O)[C@H]1CCCc2sccc21. The fraction of sp³-hybridized carbons (Fsp3) is 0.444. The number of hydrogen-bond donors (Lipinski definition) is 1. The Morgan fingerprint density at radius 3 is 3.25 bits per heavy atom. The largest absolute Gasteiger partial charge is 0.369 e. The first kappa shape index (κ1) is 7.80. The Balaban J connectivity index is 2.37. The highest BCUT2D eigenvalue weighted by atomic mass is 32.1. The minimum atomic E-state index is -0.172. The zero-order chi connectivity index (χ0) is 8.55. The molecule has 64 valence electrons. The molecular weight excluding hydrogens is 170 g/mol. The van der Waals surface area contributed by atoms with Gasteiger partial charge in [0.2, 0.25) is 5.91 Å². The highest BCUT2D eigenvalue weighted by Gasteiger charge is 2.24. The third kappa shape index (κ3) is 1.14. The summed E-state index contributed by atoms with van der Waals surface area (Å²) in [4.78, 5) is 12.4. The summed E-state index contributed by atoms with van der Waals surface area (Å²) in [6, 6.07) is 2.04. The van der Waals surface area contributed by atoms with E-state index >= 15 is 0 Å². The van der Waals surface area contributed by atoms with E-state index in [0.717, 1.165) is 19.3 Å². The molecule has 0 spiro atoms. The topological polar surface area (TPSA) is 43.1 Å². The molecule has 3 heteroatoms. The zero-order valence-corrected chi connectivity index (χ0v) is 7.56. The molecule has 0 aromatic carbocycles. The summed E-state index contributed by atoms with van der Waals surface area (Å²) >= 11 is 1.74. The number of hydrogen-bond acceptors (Lipinski definition) is 2. The molecule has 2 N–H and O–H groups in total. The van der Waals surface area contributed by atoms with Gasteiger partial charge in [-0.25, -0.2) is 0 Å². The van der Waals surface area contributed by atoms with E-state index < -0.39 is 0 Å². The summed E-state index contributed by atoms with van der Waals surface area (Å²) in [5.74, 6) is -0.186. The maximum atomic E-state index is 11.0. The van der Waals surface area contributed by atoms with Crippen LogP contribution in [-0.4, -0.2) is 5.91 Å². The number of aryl methyl sites for hydroxylation is 1. The molecule has 1 amide bonds. The van der Waals surface area contributed by atoms with Crippen molar-refractivity contribution in [3.63, 3.8) is 0 Å². The van der Waals surface area contributed by atoms with Gasteiger partial charge in [0.25, 0.3) is 0 Å². The molecule has 0 saturated carbocycles. The van der Waals surface area contributed by atoms with Gasteiger partial charge in [-0.3, -0.25) is 4.79 Å². The molecule has 1 aliphatic rings. The van der Waals surface area contributed by atoms with Gasteiger partial charge in [0.15, 0.2) is 0 Å². The standard InChI is InChI=1S/C9H11NOS/c10-9(11)7-2-1-3-8-6(7)4-5-12-8/h4-5,7H,1-3H2,(H2,10,11)/t7-/m0/s1. The van der Waals surface area contributed by atoms with Crippen molar-refractivity contribution in [1.29, 1.82) is 0 Å². The lowest BCUT2D eigenvalue weighted by molar-refractivity contribution is -0.119. The van der Waals surface area contributed by atoms with Crippen LogP contribution in [0.2, 0.25) is 0 Å². The number of thiophene rings is 1. The number of carbonyl (C=O) groups is 1. The molecule has 2 nitrogen and oxygen atoms in total. The highest BCUT2D eigenvalue weighted by molar-refractivity contribution is 7.10. The van der Waals surface area contributed by atoms with Crippen molar-refractivity contribution in [3.05, 3.63) is 21.9 Å². The van der Waals surface area contributed by atoms with Crippen LogP contribution < -0.4 is 5.73 Å². The first-order chi connectivity index (χ1) is 5.79. The Hall–Kier alpha value is -0.830. The summed E-state index contributed by atoms with van der Waals surface area (Å²) in [5, 5.41) is 2.05. The van der Waals surface area contributed by atoms with Gasteiger partial charge in [-0.2, -0.15) is 0 Å². The Morgan fingerprint density at radius 1 is 1.67 bits per heavy atom. The van der Waals surface area contributed by atoms with Crippen LogP contribution in [0.3, 0.4) is 0 Å². The number of primary amides is 1. The van der Waals surface area contributed by atoms with E-state index in [4.69, 9.17) is 5.73 Å². The number of amides is 1. The van der Waals surface area contributed by atoms with E-state index in [1.165, 1.54) is 10.4 Å². The Bertz CT molecular complexity index is 305. The first-order valence-corrected chi connectivity index (χ1v) is 5.02. The second kappa shape index (κ2) is 2.90. The van der Waals surface area contributed by atoms with Gasteiger partial charge in [0, 0.05) is 4.88 Å². The molecule has 2 rings (SSSR count). The summed E-state index contributed by atoms with van der Waals surface area (Å²) in [5.41, 5.74) is 6.49. The Morgan fingerprint density at radius 2 is 2.50 bits per heavy atom. The summed E-state index contributed by atoms with van der Waals surface area (Å²) in [6.45, 7) is 0. The van der Waals surface area contributed by atoms with Crippen molar-refractivity contribution in [2.75, 3.05) is 0 Å². The van der Waals surface area contributed by atoms with Crippen LogP contribution in [0.5, 0.6) is 0 Å². The lowest BCUT2D eigenvalue weighted by Gasteiger charge is -2.18. The van der Waals surface area contributed by atoms with Gasteiger partial charge in [-0.05, 0) is 36.3 Å². The second-order valence-electron chi connectivity index (χ2n) is 3.15. The average Bonchev–Trinajstić information content (AvgIpc) is 2.49. The van der Waals surface area contributed by atoms with Crippen molar-refractivity contribution in [3.8, 4) is 0 Å². The molecule has 1 atom stereocenters. The normalized spacial score (nSPS) is 21.8. The van der Waals surface area contributed by atoms with Crippen LogP contribution in [0, 0.1) is 0 Å². The van der Waals surface area contributed by atoms with Crippen LogP contribution in [0.1, 0.15) is 29.2 Å². The first-order valence-electron chi connectivity index (χ1n) is 4.14. The molecule has 1 aromatic heterocycles. The van der Waals surface area contributed by atoms with Crippen LogP contribution in [0.4, 0.5) is 0 Å². The van der Waals surface area contributed by atoms with Crippen molar-refractivity contribution in [2.24, 2.45) is 5.73 Å². The third-order valence-corrected chi connectivity index (χ3v) is 3.39. The predicted molar refractivity (Wildman–Crippen MR) is 49.2 cm³/mol. The van der Waals surface area contributed by atoms with E-state index in [9.17, 15) is 4.79 Å². The highest BCUT2D eigenvalue weighted by Crippen LogP contribution is 2.34. The fourth-order valence-electron chi connectivity index (χ4n) is 1.78. The summed E-state index contributed by atoms with van der Waals surface area (Å²) in [7, 11) is 0. The molecule has 1 heterocycles. The average molecular weight is 181 g/mol. The molecule has 0 bridgehead atoms. The monoisotopic (exact) mass is 181 g/mol. The molecule has 0 fully saturated rings. The Labute approximate surface area is 75.4 Å². The molecule has 0 unspecified atom stereocenters. The van der Waals surface area contributed by atoms with Crippen LogP contribution in [0.25, 0.3) is 0 Å². The number of nitrogens with two attached hydrogens (primary N) is 1. The maximum Gasteiger partial charge on any atom is 0.225 e. The Kier molecular flexibility index (Phi) is 1.89. The van der Waals surface area contributed by atoms with Gasteiger partial charge < -0.3 is 5.73 Å². The molecule has 0 aliphatic heterocycles. The lowest BCUT2D eigenvalue weighted by atomic mass is 9.87. The maximum absolute atomic E-state index is 11.0. The predicted octanol–water partition coefficient (Wildman–Crippen LogP) is 1.65. The van der Waals surface area contributed by atoms with Crippen LogP contribution in [0.15, 0.2) is 11.4 Å². The lowest BCUT2D eigenvalue weighted by Crippen LogP contribution is -2.23. The van der Waals surface area contributed by atoms with Crippen LogP contribution in [-0.2, 0) is 11.2 Å². The number of rotatable bonds is 1. The smallest absolute Gasteiger partial charge is 0.225 e. The molecule has 1 aliphatic carbocycles. The minimum Gasteiger partial charge on any atom is -0.369 e. The van der Waals surface area contributed by atoms with Crippen molar-refractivity contribution < 1.29 is 4.79 Å². The van der Waals surface area contributed by atoms with Gasteiger partial charge >= 0.3 is 0 Å². The zero-order valence-electron chi connectivity index (χ0n) is 6.75. The molecular formula is C9H11NOS. The second-order valence-corrected chi connectivity index (χ2v) is 4.15. The van der Waals surface area contributed by atoms with E-state index in [1.54, 1.807) is 11.3 Å². The van der Waals surface area contributed by atoms with Gasteiger partial charge in [0.1, 0.15) is 0 Å². The van der Waals surface area contributed by atoms with E-state index in [0.29, 0.717) is 0 Å². The number of fused-ring (bicyclic) bond motifs is 1. The fourth-order valence-corrected chi connectivity index (χ4v) is 2.77. The quantitative estimate of drug-likeness (QED) is 0.703. The molecule has 12 heavy (non-hydrogen) atoms. The summed E-state index contributed by atoms with van der Waals surface area (Å²) in [6.07, 6.45) is 3.15. The van der Waals surface area contributed by atoms with Gasteiger partial charge in [-0.15, -0.1) is 11.3 Å². The van der Waals surface area contributed by atoms with Crippen molar-refractivity contribution in [2.45, 2.75) is 25.2 Å². The minimum absolute atomic E-state index is 0.0139. The third-order valence-electron chi connectivity index (χ3n) is 2.40. The summed E-state index contributed by atoms with van der Waals surface area (Å²) < 4.78 is 0. The van der Waals surface area contributed by atoms with E-state index in [2.05, 4.69) is 0 Å². The molecule has 1 aromatic rings. The van der Waals surface area contributed by atoms with Gasteiger partial charge in [-0.1, -0.05) is 0 Å². The van der Waals surface area contributed by atoms with Crippen molar-refractivity contribution >= 4 is 17.2 Å².